The molecule has 0 amide bonds. The van der Waals surface area contributed by atoms with Gasteiger partial charge in [0.15, 0.2) is 9.84 Å². The molecule has 96 valence electrons. The lowest BCUT2D eigenvalue weighted by atomic mass is 10.1. The number of hydrogen-bond acceptors (Lipinski definition) is 5. The predicted molar refractivity (Wildman–Crippen MR) is 68.7 cm³/mol. The van der Waals surface area contributed by atoms with Crippen LogP contribution < -0.4 is 5.73 Å². The van der Waals surface area contributed by atoms with E-state index in [1.165, 1.54) is 0 Å². The Morgan fingerprint density at radius 2 is 2.33 bits per heavy atom. The Labute approximate surface area is 105 Å². The number of fused-ring (bicyclic) bond motifs is 1. The predicted octanol–water partition coefficient (Wildman–Crippen LogP) is 0.448. The minimum Gasteiger partial charge on any atom is -0.369 e. The quantitative estimate of drug-likeness (QED) is 0.852. The first-order chi connectivity index (χ1) is 8.55. The molecule has 0 aliphatic carbocycles. The number of nitrogens with zero attached hydrogens (tertiary/aromatic N) is 3. The third-order valence-electron chi connectivity index (χ3n) is 3.35. The lowest BCUT2D eigenvalue weighted by Crippen LogP contribution is -2.14. The number of rotatable bonds is 2. The van der Waals surface area contributed by atoms with Crippen LogP contribution in [0.25, 0.3) is 11.0 Å². The van der Waals surface area contributed by atoms with E-state index in [1.54, 1.807) is 12.4 Å². The Morgan fingerprint density at radius 1 is 1.50 bits per heavy atom. The second kappa shape index (κ2) is 3.94. The summed E-state index contributed by atoms with van der Waals surface area (Å²) >= 11 is 0. The fourth-order valence-electron chi connectivity index (χ4n) is 2.47. The van der Waals surface area contributed by atoms with E-state index < -0.39 is 9.84 Å². The van der Waals surface area contributed by atoms with Gasteiger partial charge in [-0.3, -0.25) is 4.98 Å². The number of sulfone groups is 1. The van der Waals surface area contributed by atoms with Crippen LogP contribution in [0.5, 0.6) is 0 Å². The molecule has 2 aromatic rings. The van der Waals surface area contributed by atoms with E-state index in [2.05, 4.69) is 9.97 Å². The van der Waals surface area contributed by atoms with E-state index in [1.807, 2.05) is 10.6 Å². The van der Waals surface area contributed by atoms with Crippen LogP contribution in [0.2, 0.25) is 0 Å². The summed E-state index contributed by atoms with van der Waals surface area (Å²) in [5.74, 6) is 1.08. The van der Waals surface area contributed by atoms with Crippen LogP contribution in [-0.2, 0) is 16.4 Å². The van der Waals surface area contributed by atoms with E-state index in [0.717, 1.165) is 11.0 Å². The molecule has 0 bridgehead atoms. The SMILES string of the molecule is Nc1nc2cnccc2n1CC1CCS(=O)(=O)C1. The highest BCUT2D eigenvalue weighted by Gasteiger charge is 2.28. The zero-order chi connectivity index (χ0) is 12.8. The fraction of sp³-hybridized carbons (Fsp3) is 0.455. The Hall–Kier alpha value is -1.63. The van der Waals surface area contributed by atoms with Gasteiger partial charge in [-0.25, -0.2) is 13.4 Å². The third kappa shape index (κ3) is 1.94. The van der Waals surface area contributed by atoms with Gasteiger partial charge in [0.2, 0.25) is 5.95 Å². The minimum absolute atomic E-state index is 0.128. The second-order valence-electron chi connectivity index (χ2n) is 4.71. The molecule has 1 aliphatic heterocycles. The Balaban J connectivity index is 1.93. The summed E-state index contributed by atoms with van der Waals surface area (Å²) in [7, 11) is -2.85. The van der Waals surface area contributed by atoms with Crippen LogP contribution in [0.3, 0.4) is 0 Å². The maximum absolute atomic E-state index is 11.5. The first-order valence-corrected chi connectivity index (χ1v) is 7.63. The highest BCUT2D eigenvalue weighted by Crippen LogP contribution is 2.24. The topological polar surface area (TPSA) is 90.9 Å². The van der Waals surface area contributed by atoms with E-state index in [0.29, 0.717) is 18.9 Å². The van der Waals surface area contributed by atoms with Crippen LogP contribution in [-0.4, -0.2) is 34.5 Å². The van der Waals surface area contributed by atoms with Crippen LogP contribution >= 0.6 is 0 Å². The van der Waals surface area contributed by atoms with Crippen molar-refractivity contribution in [1.82, 2.24) is 14.5 Å². The van der Waals surface area contributed by atoms with Gasteiger partial charge >= 0.3 is 0 Å². The van der Waals surface area contributed by atoms with Gasteiger partial charge in [-0.2, -0.15) is 0 Å². The van der Waals surface area contributed by atoms with Crippen molar-refractivity contribution in [3.05, 3.63) is 18.5 Å². The Bertz CT molecular complexity index is 692. The number of nitrogens with two attached hydrogens (primary N) is 1. The number of anilines is 1. The third-order valence-corrected chi connectivity index (χ3v) is 5.18. The van der Waals surface area contributed by atoms with E-state index >= 15 is 0 Å². The second-order valence-corrected chi connectivity index (χ2v) is 6.94. The molecule has 1 saturated heterocycles. The lowest BCUT2D eigenvalue weighted by molar-refractivity contribution is 0.502. The van der Waals surface area contributed by atoms with Crippen molar-refractivity contribution in [3.63, 3.8) is 0 Å². The van der Waals surface area contributed by atoms with Crippen molar-refractivity contribution in [2.75, 3.05) is 17.2 Å². The molecule has 1 aliphatic rings. The molecule has 0 spiro atoms. The van der Waals surface area contributed by atoms with Gasteiger partial charge in [-0.15, -0.1) is 0 Å². The van der Waals surface area contributed by atoms with Crippen molar-refractivity contribution in [2.45, 2.75) is 13.0 Å². The molecule has 2 aromatic heterocycles. The molecule has 0 saturated carbocycles. The average Bonchev–Trinajstić information content (AvgIpc) is 2.81. The standard InChI is InChI=1S/C11H14N4O2S/c12-11-14-9-5-13-3-1-10(9)15(11)6-8-2-4-18(16,17)7-8/h1,3,5,8H,2,4,6-7H2,(H2,12,14). The maximum atomic E-state index is 11.5. The van der Waals surface area contributed by atoms with Gasteiger partial charge in [0.1, 0.15) is 5.52 Å². The molecule has 0 radical (unpaired) electrons. The van der Waals surface area contributed by atoms with Crippen molar-refractivity contribution in [1.29, 1.82) is 0 Å². The molecule has 18 heavy (non-hydrogen) atoms. The first kappa shape index (κ1) is 11.5. The molecule has 2 N–H and O–H groups in total. The van der Waals surface area contributed by atoms with Gasteiger partial charge < -0.3 is 10.3 Å². The van der Waals surface area contributed by atoms with Crippen molar-refractivity contribution in [3.8, 4) is 0 Å². The molecule has 1 fully saturated rings. The van der Waals surface area contributed by atoms with Gasteiger partial charge in [0.25, 0.3) is 0 Å². The average molecular weight is 266 g/mol. The van der Waals surface area contributed by atoms with Gasteiger partial charge in [-0.05, 0) is 18.4 Å². The van der Waals surface area contributed by atoms with E-state index in [-0.39, 0.29) is 17.4 Å². The van der Waals surface area contributed by atoms with Crippen molar-refractivity contribution in [2.24, 2.45) is 5.92 Å². The van der Waals surface area contributed by atoms with E-state index in [9.17, 15) is 8.42 Å². The van der Waals surface area contributed by atoms with Gasteiger partial charge in [-0.1, -0.05) is 0 Å². The highest BCUT2D eigenvalue weighted by atomic mass is 32.2. The summed E-state index contributed by atoms with van der Waals surface area (Å²) in [6, 6.07) is 1.85. The molecule has 7 heteroatoms. The van der Waals surface area contributed by atoms with Crippen molar-refractivity contribution >= 4 is 26.8 Å². The van der Waals surface area contributed by atoms with Crippen LogP contribution in [0.1, 0.15) is 6.42 Å². The van der Waals surface area contributed by atoms with Gasteiger partial charge in [0.05, 0.1) is 23.2 Å². The summed E-state index contributed by atoms with van der Waals surface area (Å²) in [5.41, 5.74) is 7.53. The van der Waals surface area contributed by atoms with E-state index in [4.69, 9.17) is 5.73 Å². The molecular weight excluding hydrogens is 252 g/mol. The number of nitrogen functional groups attached to an aromatic ring is 1. The minimum atomic E-state index is -2.85. The lowest BCUT2D eigenvalue weighted by Gasteiger charge is -2.11. The summed E-state index contributed by atoms with van der Waals surface area (Å²) in [5, 5.41) is 0. The Kier molecular flexibility index (Phi) is 2.51. The zero-order valence-corrected chi connectivity index (χ0v) is 10.6. The molecule has 6 nitrogen and oxygen atoms in total. The summed E-state index contributed by atoms with van der Waals surface area (Å²) in [6.07, 6.45) is 4.05. The molecule has 1 atom stereocenters. The number of imidazole rings is 1. The summed E-state index contributed by atoms with van der Waals surface area (Å²) < 4.78 is 24.8. The molecule has 0 aromatic carbocycles. The number of hydrogen-bond donors (Lipinski definition) is 1. The number of aromatic nitrogens is 3. The van der Waals surface area contributed by atoms with Crippen molar-refractivity contribution < 1.29 is 8.42 Å². The fourth-order valence-corrected chi connectivity index (χ4v) is 4.32. The zero-order valence-electron chi connectivity index (χ0n) is 9.78. The van der Waals surface area contributed by atoms with Gasteiger partial charge in [0, 0.05) is 12.7 Å². The molecule has 1 unspecified atom stereocenters. The Morgan fingerprint density at radius 3 is 3.06 bits per heavy atom. The molecule has 3 heterocycles. The number of pyridine rings is 1. The van der Waals surface area contributed by atoms with Crippen LogP contribution in [0.15, 0.2) is 18.5 Å². The monoisotopic (exact) mass is 266 g/mol. The maximum Gasteiger partial charge on any atom is 0.201 e. The highest BCUT2D eigenvalue weighted by molar-refractivity contribution is 7.91. The molecule has 3 rings (SSSR count). The largest absolute Gasteiger partial charge is 0.369 e. The summed E-state index contributed by atoms with van der Waals surface area (Å²) in [4.78, 5) is 8.22. The normalized spacial score (nSPS) is 22.6. The molecular formula is C11H14N4O2S. The van der Waals surface area contributed by atoms with Crippen LogP contribution in [0, 0.1) is 5.92 Å². The smallest absolute Gasteiger partial charge is 0.201 e. The van der Waals surface area contributed by atoms with Crippen LogP contribution in [0.4, 0.5) is 5.95 Å². The first-order valence-electron chi connectivity index (χ1n) is 5.81. The summed E-state index contributed by atoms with van der Waals surface area (Å²) in [6.45, 7) is 0.603.